The molecule has 1 aromatic heterocycles. The van der Waals surface area contributed by atoms with Crippen molar-refractivity contribution in [3.63, 3.8) is 0 Å². The van der Waals surface area contributed by atoms with Crippen LogP contribution in [0.2, 0.25) is 5.15 Å². The number of nitrogens with one attached hydrogen (secondary N) is 1. The van der Waals surface area contributed by atoms with E-state index in [9.17, 15) is 4.79 Å². The first kappa shape index (κ1) is 15.7. The summed E-state index contributed by atoms with van der Waals surface area (Å²) in [5.41, 5.74) is 1.48. The van der Waals surface area contributed by atoms with Crippen LogP contribution in [-0.4, -0.2) is 10.9 Å². The summed E-state index contributed by atoms with van der Waals surface area (Å²) in [4.78, 5) is 16.5. The fourth-order valence-electron chi connectivity index (χ4n) is 1.55. The molecule has 108 valence electrons. The van der Waals surface area contributed by atoms with Gasteiger partial charge in [0.15, 0.2) is 5.13 Å². The van der Waals surface area contributed by atoms with Crippen LogP contribution in [0, 0.1) is 29.6 Å². The first-order chi connectivity index (χ1) is 10.5. The molecule has 1 N–H and O–H groups in total. The summed E-state index contributed by atoms with van der Waals surface area (Å²) in [5, 5.41) is 20.5. The summed E-state index contributed by atoms with van der Waals surface area (Å²) < 4.78 is 0. The molecule has 0 bridgehead atoms. The number of amides is 1. The molecule has 2 aromatic rings. The van der Waals surface area contributed by atoms with Gasteiger partial charge in [-0.25, -0.2) is 4.98 Å². The Labute approximate surface area is 136 Å². The van der Waals surface area contributed by atoms with Gasteiger partial charge in [0.2, 0.25) is 0 Å². The van der Waals surface area contributed by atoms with Crippen molar-refractivity contribution in [2.75, 3.05) is 5.32 Å². The van der Waals surface area contributed by atoms with Crippen LogP contribution >= 0.6 is 22.9 Å². The Kier molecular flexibility index (Phi) is 4.90. The Morgan fingerprint density at radius 2 is 1.95 bits per heavy atom. The van der Waals surface area contributed by atoms with Gasteiger partial charge in [0, 0.05) is 5.56 Å². The zero-order valence-electron chi connectivity index (χ0n) is 11.4. The second-order valence-electron chi connectivity index (χ2n) is 4.28. The van der Waals surface area contributed by atoms with Crippen LogP contribution in [0.25, 0.3) is 6.08 Å². The van der Waals surface area contributed by atoms with E-state index in [0.29, 0.717) is 15.6 Å². The Hall–Kier alpha value is -2.67. The van der Waals surface area contributed by atoms with Crippen LogP contribution in [0.15, 0.2) is 29.8 Å². The Morgan fingerprint density at radius 3 is 2.55 bits per heavy atom. The molecule has 22 heavy (non-hydrogen) atoms. The summed E-state index contributed by atoms with van der Waals surface area (Å²) in [6.45, 7) is 1.93. The van der Waals surface area contributed by atoms with Crippen molar-refractivity contribution in [3.8, 4) is 12.1 Å². The smallest absolute Gasteiger partial charge is 0.257 e. The number of aromatic nitrogens is 1. The summed E-state index contributed by atoms with van der Waals surface area (Å²) in [7, 11) is 0. The van der Waals surface area contributed by atoms with Gasteiger partial charge in [0.05, 0.1) is 4.88 Å². The first-order valence-electron chi connectivity index (χ1n) is 6.09. The maximum atomic E-state index is 12.1. The molecule has 7 heteroatoms. The number of nitrogens with zero attached hydrogens (tertiary/aromatic N) is 3. The van der Waals surface area contributed by atoms with Crippen molar-refractivity contribution < 1.29 is 4.79 Å². The summed E-state index contributed by atoms with van der Waals surface area (Å²) in [5.74, 6) is -0.304. The average molecular weight is 329 g/mol. The lowest BCUT2D eigenvalue weighted by Crippen LogP contribution is -2.11. The molecule has 5 nitrogen and oxygen atoms in total. The number of anilines is 1. The molecular formula is C15H9ClN4OS. The number of carbonyl (C=O) groups is 1. The number of hydrogen-bond acceptors (Lipinski definition) is 5. The summed E-state index contributed by atoms with van der Waals surface area (Å²) in [6.07, 6.45) is 1.33. The maximum Gasteiger partial charge on any atom is 0.257 e. The van der Waals surface area contributed by atoms with Crippen molar-refractivity contribution in [1.82, 2.24) is 4.98 Å². The lowest BCUT2D eigenvalue weighted by molar-refractivity contribution is 0.102. The van der Waals surface area contributed by atoms with E-state index in [1.54, 1.807) is 24.3 Å². The fourth-order valence-corrected chi connectivity index (χ4v) is 2.65. The quantitative estimate of drug-likeness (QED) is 0.868. The molecule has 2 rings (SSSR count). The predicted octanol–water partition coefficient (Wildman–Crippen LogP) is 3.79. The highest BCUT2D eigenvalue weighted by molar-refractivity contribution is 7.17. The van der Waals surface area contributed by atoms with Gasteiger partial charge in [-0.15, -0.1) is 0 Å². The van der Waals surface area contributed by atoms with Crippen LogP contribution in [0.5, 0.6) is 0 Å². The topological polar surface area (TPSA) is 89.6 Å². The molecular weight excluding hydrogens is 320 g/mol. The minimum Gasteiger partial charge on any atom is -0.298 e. The van der Waals surface area contributed by atoms with Crippen LogP contribution in [0.1, 0.15) is 20.8 Å². The normalized spacial score (nSPS) is 9.45. The van der Waals surface area contributed by atoms with Gasteiger partial charge in [-0.1, -0.05) is 40.6 Å². The highest BCUT2D eigenvalue weighted by atomic mass is 35.5. The van der Waals surface area contributed by atoms with E-state index in [-0.39, 0.29) is 16.6 Å². The van der Waals surface area contributed by atoms with Crippen LogP contribution in [0.3, 0.4) is 0 Å². The number of nitriles is 2. The SMILES string of the molecule is Cc1ccc(C(=O)Nc2nc(Cl)c(C=C(C#N)C#N)s2)cc1. The average Bonchev–Trinajstić information content (AvgIpc) is 2.84. The van der Waals surface area contributed by atoms with Gasteiger partial charge in [0.25, 0.3) is 5.91 Å². The lowest BCUT2D eigenvalue weighted by atomic mass is 10.1. The molecule has 0 fully saturated rings. The number of hydrogen-bond donors (Lipinski definition) is 1. The molecule has 1 heterocycles. The van der Waals surface area contributed by atoms with E-state index in [4.69, 9.17) is 22.1 Å². The van der Waals surface area contributed by atoms with Gasteiger partial charge in [-0.05, 0) is 25.1 Å². The van der Waals surface area contributed by atoms with E-state index >= 15 is 0 Å². The fraction of sp³-hybridized carbons (Fsp3) is 0.0667. The molecule has 0 unspecified atom stereocenters. The number of allylic oxidation sites excluding steroid dienone is 1. The predicted molar refractivity (Wildman–Crippen MR) is 85.5 cm³/mol. The standard InChI is InChI=1S/C15H9ClN4OS/c1-9-2-4-11(5-3-9)14(21)20-15-19-13(16)12(22-15)6-10(7-17)8-18/h2-6H,1H3,(H,19,20,21). The highest BCUT2D eigenvalue weighted by Crippen LogP contribution is 2.29. The van der Waals surface area contributed by atoms with Gasteiger partial charge in [-0.3, -0.25) is 10.1 Å². The molecule has 1 amide bonds. The third kappa shape index (κ3) is 3.70. The first-order valence-corrected chi connectivity index (χ1v) is 7.29. The Morgan fingerprint density at radius 1 is 1.32 bits per heavy atom. The molecule has 1 aromatic carbocycles. The van der Waals surface area contributed by atoms with Crippen molar-refractivity contribution in [2.45, 2.75) is 6.92 Å². The number of halogens is 1. The highest BCUT2D eigenvalue weighted by Gasteiger charge is 2.12. The Bertz CT molecular complexity index is 809. The van der Waals surface area contributed by atoms with E-state index in [1.807, 2.05) is 19.1 Å². The molecule has 0 aliphatic rings. The van der Waals surface area contributed by atoms with E-state index < -0.39 is 0 Å². The molecule has 0 radical (unpaired) electrons. The van der Waals surface area contributed by atoms with Crippen LogP contribution in [-0.2, 0) is 0 Å². The van der Waals surface area contributed by atoms with Crippen molar-refractivity contribution in [2.24, 2.45) is 0 Å². The van der Waals surface area contributed by atoms with Gasteiger partial charge < -0.3 is 0 Å². The third-order valence-electron chi connectivity index (χ3n) is 2.66. The van der Waals surface area contributed by atoms with Crippen molar-refractivity contribution in [3.05, 3.63) is 51.0 Å². The molecule has 0 atom stereocenters. The zero-order valence-corrected chi connectivity index (χ0v) is 13.0. The van der Waals surface area contributed by atoms with Crippen molar-refractivity contribution >= 4 is 40.1 Å². The molecule has 0 aliphatic heterocycles. The lowest BCUT2D eigenvalue weighted by Gasteiger charge is -2.01. The maximum absolute atomic E-state index is 12.1. The van der Waals surface area contributed by atoms with Gasteiger partial charge in [0.1, 0.15) is 22.9 Å². The second-order valence-corrected chi connectivity index (χ2v) is 5.66. The number of carbonyl (C=O) groups excluding carboxylic acids is 1. The second kappa shape index (κ2) is 6.86. The number of aryl methyl sites for hydroxylation is 1. The molecule has 0 spiro atoms. The van der Waals surface area contributed by atoms with E-state index in [0.717, 1.165) is 16.9 Å². The molecule has 0 saturated carbocycles. The zero-order chi connectivity index (χ0) is 16.1. The van der Waals surface area contributed by atoms with Crippen molar-refractivity contribution in [1.29, 1.82) is 10.5 Å². The van der Waals surface area contributed by atoms with E-state index in [2.05, 4.69) is 10.3 Å². The molecule has 0 aliphatic carbocycles. The van der Waals surface area contributed by atoms with Crippen LogP contribution < -0.4 is 5.32 Å². The Balaban J connectivity index is 2.20. The number of thiazole rings is 1. The largest absolute Gasteiger partial charge is 0.298 e. The summed E-state index contributed by atoms with van der Waals surface area (Å²) >= 11 is 7.03. The van der Waals surface area contributed by atoms with Gasteiger partial charge in [-0.2, -0.15) is 10.5 Å². The summed E-state index contributed by atoms with van der Waals surface area (Å²) in [6, 6.07) is 10.6. The molecule has 0 saturated heterocycles. The van der Waals surface area contributed by atoms with E-state index in [1.165, 1.54) is 6.08 Å². The number of rotatable bonds is 3. The van der Waals surface area contributed by atoms with Crippen LogP contribution in [0.4, 0.5) is 5.13 Å². The number of benzene rings is 1. The third-order valence-corrected chi connectivity index (χ3v) is 3.98. The van der Waals surface area contributed by atoms with Gasteiger partial charge >= 0.3 is 0 Å². The minimum atomic E-state index is -0.304. The monoisotopic (exact) mass is 328 g/mol. The minimum absolute atomic E-state index is 0.0815.